The van der Waals surface area contributed by atoms with E-state index in [0.717, 1.165) is 37.0 Å². The van der Waals surface area contributed by atoms with Crippen molar-refractivity contribution in [1.82, 2.24) is 5.43 Å². The summed E-state index contributed by atoms with van der Waals surface area (Å²) < 4.78 is 13.3. The van der Waals surface area contributed by atoms with E-state index in [2.05, 4.69) is 62.6 Å². The molecule has 0 aromatic heterocycles. The standard InChI is InChI=1S/C20H22I2N2O3/c1-3-9-26-16-7-5-15(6-8-16)20(25)24-23-13-14-11-17(21)19(18(22)12-14)27-10-4-2/h5-8,11-13H,3-4,9-10H2,1-2H3,(H,24,25)/b23-13+. The molecule has 0 spiro atoms. The summed E-state index contributed by atoms with van der Waals surface area (Å²) in [5, 5.41) is 4.06. The first-order valence-corrected chi connectivity index (χ1v) is 10.9. The van der Waals surface area contributed by atoms with E-state index in [9.17, 15) is 4.79 Å². The number of carbonyl (C=O) groups excluding carboxylic acids is 1. The van der Waals surface area contributed by atoms with E-state index in [1.165, 1.54) is 0 Å². The van der Waals surface area contributed by atoms with Gasteiger partial charge in [-0.15, -0.1) is 0 Å². The van der Waals surface area contributed by atoms with Gasteiger partial charge in [0.15, 0.2) is 0 Å². The summed E-state index contributed by atoms with van der Waals surface area (Å²) in [7, 11) is 0. The fourth-order valence-electron chi connectivity index (χ4n) is 2.15. The molecule has 0 radical (unpaired) electrons. The number of hydrogen-bond donors (Lipinski definition) is 1. The lowest BCUT2D eigenvalue weighted by Crippen LogP contribution is -2.17. The second kappa shape index (κ2) is 11.5. The summed E-state index contributed by atoms with van der Waals surface area (Å²) in [5.41, 5.74) is 3.98. The van der Waals surface area contributed by atoms with Crippen molar-refractivity contribution in [2.45, 2.75) is 26.7 Å². The predicted octanol–water partition coefficient (Wildman–Crippen LogP) is 5.24. The number of hydrazone groups is 1. The van der Waals surface area contributed by atoms with E-state index in [1.807, 2.05) is 19.1 Å². The zero-order chi connectivity index (χ0) is 19.6. The first-order valence-electron chi connectivity index (χ1n) is 8.73. The summed E-state index contributed by atoms with van der Waals surface area (Å²) in [6, 6.07) is 11.0. The molecule has 1 N–H and O–H groups in total. The van der Waals surface area contributed by atoms with Gasteiger partial charge >= 0.3 is 0 Å². The van der Waals surface area contributed by atoms with E-state index in [0.29, 0.717) is 18.8 Å². The number of ether oxygens (including phenoxy) is 2. The molecule has 0 fully saturated rings. The maximum Gasteiger partial charge on any atom is 0.271 e. The average molecular weight is 592 g/mol. The van der Waals surface area contributed by atoms with Crippen LogP contribution >= 0.6 is 45.2 Å². The van der Waals surface area contributed by atoms with E-state index in [4.69, 9.17) is 9.47 Å². The fraction of sp³-hybridized carbons (Fsp3) is 0.300. The van der Waals surface area contributed by atoms with Crippen molar-refractivity contribution in [2.75, 3.05) is 13.2 Å². The Morgan fingerprint density at radius 1 is 1.04 bits per heavy atom. The van der Waals surface area contributed by atoms with Crippen LogP contribution in [0.25, 0.3) is 0 Å². The van der Waals surface area contributed by atoms with Crippen molar-refractivity contribution in [2.24, 2.45) is 5.10 Å². The minimum atomic E-state index is -0.263. The summed E-state index contributed by atoms with van der Waals surface area (Å²) in [6.07, 6.45) is 3.54. The summed E-state index contributed by atoms with van der Waals surface area (Å²) in [6.45, 7) is 5.48. The van der Waals surface area contributed by atoms with Crippen LogP contribution in [-0.4, -0.2) is 25.3 Å². The van der Waals surface area contributed by atoms with Gasteiger partial charge in [0, 0.05) is 5.56 Å². The zero-order valence-corrected chi connectivity index (χ0v) is 19.6. The summed E-state index contributed by atoms with van der Waals surface area (Å²) >= 11 is 4.50. The normalized spacial score (nSPS) is 10.8. The highest BCUT2D eigenvalue weighted by molar-refractivity contribution is 14.1. The minimum absolute atomic E-state index is 0.263. The van der Waals surface area contributed by atoms with Gasteiger partial charge in [0.25, 0.3) is 5.91 Å². The van der Waals surface area contributed by atoms with Crippen LogP contribution in [-0.2, 0) is 0 Å². The van der Waals surface area contributed by atoms with Crippen LogP contribution in [0.15, 0.2) is 41.5 Å². The SMILES string of the molecule is CCCOc1ccc(C(=O)N/N=C/c2cc(I)c(OCCC)c(I)c2)cc1. The van der Waals surface area contributed by atoms with Crippen LogP contribution in [0.3, 0.4) is 0 Å². The summed E-state index contributed by atoms with van der Waals surface area (Å²) in [5.74, 6) is 1.39. The summed E-state index contributed by atoms with van der Waals surface area (Å²) in [4.78, 5) is 12.2. The van der Waals surface area contributed by atoms with Crippen molar-refractivity contribution < 1.29 is 14.3 Å². The van der Waals surface area contributed by atoms with Crippen molar-refractivity contribution in [1.29, 1.82) is 0 Å². The molecule has 1 amide bonds. The number of nitrogens with one attached hydrogen (secondary N) is 1. The third kappa shape index (κ3) is 6.95. The number of benzene rings is 2. The van der Waals surface area contributed by atoms with E-state index in [-0.39, 0.29) is 5.91 Å². The van der Waals surface area contributed by atoms with Gasteiger partial charge in [-0.05, 0) is 100.0 Å². The largest absolute Gasteiger partial charge is 0.494 e. The highest BCUT2D eigenvalue weighted by Gasteiger charge is 2.08. The van der Waals surface area contributed by atoms with Gasteiger partial charge in [-0.1, -0.05) is 13.8 Å². The highest BCUT2D eigenvalue weighted by atomic mass is 127. The molecule has 0 atom stereocenters. The van der Waals surface area contributed by atoms with Crippen molar-refractivity contribution >= 4 is 57.3 Å². The first-order chi connectivity index (χ1) is 13.0. The molecule has 0 saturated carbocycles. The monoisotopic (exact) mass is 592 g/mol. The molecule has 2 aromatic carbocycles. The zero-order valence-electron chi connectivity index (χ0n) is 15.3. The quantitative estimate of drug-likeness (QED) is 0.247. The lowest BCUT2D eigenvalue weighted by Gasteiger charge is -2.10. The van der Waals surface area contributed by atoms with Gasteiger partial charge in [0.1, 0.15) is 11.5 Å². The minimum Gasteiger partial charge on any atom is -0.494 e. The molecule has 144 valence electrons. The second-order valence-corrected chi connectivity index (χ2v) is 8.06. The van der Waals surface area contributed by atoms with Gasteiger partial charge in [0.2, 0.25) is 0 Å². The lowest BCUT2D eigenvalue weighted by molar-refractivity contribution is 0.0955. The molecule has 0 bridgehead atoms. The molecule has 2 aromatic rings. The maximum atomic E-state index is 12.2. The van der Waals surface area contributed by atoms with E-state index < -0.39 is 0 Å². The van der Waals surface area contributed by atoms with Crippen LogP contribution in [0, 0.1) is 7.14 Å². The number of carbonyl (C=O) groups is 1. The number of halogens is 2. The Labute approximate surface area is 187 Å². The topological polar surface area (TPSA) is 59.9 Å². The third-order valence-corrected chi connectivity index (χ3v) is 5.04. The number of nitrogens with zero attached hydrogens (tertiary/aromatic N) is 1. The Balaban J connectivity index is 1.97. The van der Waals surface area contributed by atoms with Gasteiger partial charge in [-0.2, -0.15) is 5.10 Å². The molecule has 0 aliphatic heterocycles. The molecule has 0 saturated heterocycles. The van der Waals surface area contributed by atoms with Crippen molar-refractivity contribution in [3.8, 4) is 11.5 Å². The van der Waals surface area contributed by atoms with Gasteiger partial charge in [-0.25, -0.2) is 5.43 Å². The molecule has 2 rings (SSSR count). The Morgan fingerprint density at radius 2 is 1.63 bits per heavy atom. The highest BCUT2D eigenvalue weighted by Crippen LogP contribution is 2.28. The van der Waals surface area contributed by atoms with Crippen molar-refractivity contribution in [3.05, 3.63) is 54.7 Å². The van der Waals surface area contributed by atoms with Crippen LogP contribution in [0.2, 0.25) is 0 Å². The van der Waals surface area contributed by atoms with Gasteiger partial charge < -0.3 is 9.47 Å². The molecule has 5 nitrogen and oxygen atoms in total. The Morgan fingerprint density at radius 3 is 2.22 bits per heavy atom. The molecule has 0 aliphatic rings. The Kier molecular flexibility index (Phi) is 9.32. The van der Waals surface area contributed by atoms with Crippen LogP contribution < -0.4 is 14.9 Å². The van der Waals surface area contributed by atoms with Crippen LogP contribution in [0.1, 0.15) is 42.6 Å². The Hall–Kier alpha value is -1.36. The lowest BCUT2D eigenvalue weighted by atomic mass is 10.2. The van der Waals surface area contributed by atoms with Gasteiger partial charge in [0.05, 0.1) is 26.6 Å². The third-order valence-electron chi connectivity index (χ3n) is 3.44. The van der Waals surface area contributed by atoms with E-state index >= 15 is 0 Å². The molecular formula is C20H22I2N2O3. The molecule has 7 heteroatoms. The fourth-order valence-corrected chi connectivity index (χ4v) is 4.28. The second-order valence-electron chi connectivity index (χ2n) is 5.73. The molecule has 0 heterocycles. The maximum absolute atomic E-state index is 12.2. The van der Waals surface area contributed by atoms with Crippen LogP contribution in [0.4, 0.5) is 0 Å². The van der Waals surface area contributed by atoms with Crippen molar-refractivity contribution in [3.63, 3.8) is 0 Å². The average Bonchev–Trinajstić information content (AvgIpc) is 2.66. The number of rotatable bonds is 9. The number of hydrogen-bond acceptors (Lipinski definition) is 4. The van der Waals surface area contributed by atoms with Crippen LogP contribution in [0.5, 0.6) is 11.5 Å². The van der Waals surface area contributed by atoms with E-state index in [1.54, 1.807) is 30.5 Å². The number of amides is 1. The molecule has 0 unspecified atom stereocenters. The smallest absolute Gasteiger partial charge is 0.271 e. The Bertz CT molecular complexity index is 769. The predicted molar refractivity (Wildman–Crippen MR) is 125 cm³/mol. The molecule has 27 heavy (non-hydrogen) atoms. The first kappa shape index (κ1) is 21.9. The van der Waals surface area contributed by atoms with Gasteiger partial charge in [-0.3, -0.25) is 4.79 Å². The molecular weight excluding hydrogens is 570 g/mol. The molecule has 0 aliphatic carbocycles.